The maximum Gasteiger partial charge on any atom is 0.287 e. The summed E-state index contributed by atoms with van der Waals surface area (Å²) >= 11 is 0. The summed E-state index contributed by atoms with van der Waals surface area (Å²) in [5.74, 6) is 1.52. The number of rotatable bonds is 5. The second-order valence-electron chi connectivity index (χ2n) is 5.13. The Morgan fingerprint density at radius 3 is 2.89 bits per heavy atom. The van der Waals surface area contributed by atoms with E-state index in [-0.39, 0.29) is 12.3 Å². The molecule has 1 aliphatic carbocycles. The van der Waals surface area contributed by atoms with Crippen LogP contribution in [0.2, 0.25) is 0 Å². The molecule has 2 atom stereocenters. The number of aromatic nitrogens is 1. The van der Waals surface area contributed by atoms with Gasteiger partial charge in [-0.15, -0.1) is 0 Å². The fraction of sp³-hybridized carbons (Fsp3) is 0.615. The molecule has 0 aromatic carbocycles. The molecule has 19 heavy (non-hydrogen) atoms. The van der Waals surface area contributed by atoms with Gasteiger partial charge >= 0.3 is 0 Å². The van der Waals surface area contributed by atoms with E-state index in [1.807, 2.05) is 0 Å². The molecule has 1 fully saturated rings. The number of aliphatic hydroxyl groups excluding tert-OH is 1. The van der Waals surface area contributed by atoms with Gasteiger partial charge in [0.2, 0.25) is 0 Å². The number of aryl methyl sites for hydroxylation is 1. The van der Waals surface area contributed by atoms with Crippen LogP contribution < -0.4 is 5.32 Å². The third kappa shape index (κ3) is 3.20. The van der Waals surface area contributed by atoms with E-state index in [9.17, 15) is 15.2 Å². The van der Waals surface area contributed by atoms with Gasteiger partial charge in [0, 0.05) is 19.2 Å². The first kappa shape index (κ1) is 13.7. The molecule has 1 heterocycles. The summed E-state index contributed by atoms with van der Waals surface area (Å²) in [6.07, 6.45) is 4.62. The zero-order valence-electron chi connectivity index (χ0n) is 11.0. The van der Waals surface area contributed by atoms with Crippen LogP contribution in [0.15, 0.2) is 12.3 Å². The maximum atomic E-state index is 10.6. The molecule has 0 radical (unpaired) electrons. The molecule has 0 saturated heterocycles. The molecule has 0 amide bonds. The van der Waals surface area contributed by atoms with E-state index in [1.54, 1.807) is 6.92 Å². The highest BCUT2D eigenvalue weighted by atomic mass is 16.6. The highest BCUT2D eigenvalue weighted by molar-refractivity contribution is 5.48. The van der Waals surface area contributed by atoms with Crippen molar-refractivity contribution in [3.8, 4) is 0 Å². The van der Waals surface area contributed by atoms with E-state index in [0.717, 1.165) is 31.4 Å². The Morgan fingerprint density at radius 2 is 2.26 bits per heavy atom. The summed E-state index contributed by atoms with van der Waals surface area (Å²) in [6.45, 7) is 2.80. The van der Waals surface area contributed by atoms with E-state index in [2.05, 4.69) is 10.3 Å². The molecule has 0 bridgehead atoms. The lowest BCUT2D eigenvalue weighted by Crippen LogP contribution is -2.21. The van der Waals surface area contributed by atoms with Crippen LogP contribution in [0.4, 0.5) is 11.5 Å². The monoisotopic (exact) mass is 265 g/mol. The second-order valence-corrected chi connectivity index (χ2v) is 5.13. The van der Waals surface area contributed by atoms with E-state index in [1.165, 1.54) is 12.3 Å². The Bertz CT molecular complexity index is 464. The van der Waals surface area contributed by atoms with Gasteiger partial charge in [0.25, 0.3) is 5.69 Å². The molecule has 1 aromatic rings. The zero-order valence-corrected chi connectivity index (χ0v) is 11.0. The van der Waals surface area contributed by atoms with Crippen LogP contribution in [-0.2, 0) is 0 Å². The van der Waals surface area contributed by atoms with Gasteiger partial charge in [0.1, 0.15) is 12.0 Å². The molecule has 1 aromatic heterocycles. The lowest BCUT2D eigenvalue weighted by Gasteiger charge is -2.18. The molecule has 104 valence electrons. The van der Waals surface area contributed by atoms with Crippen molar-refractivity contribution in [3.05, 3.63) is 27.9 Å². The van der Waals surface area contributed by atoms with Crippen LogP contribution in [0.1, 0.15) is 24.8 Å². The molecule has 0 spiro atoms. The Morgan fingerprint density at radius 1 is 1.53 bits per heavy atom. The molecule has 2 rings (SSSR count). The first-order chi connectivity index (χ1) is 9.11. The first-order valence-electron chi connectivity index (χ1n) is 6.57. The second kappa shape index (κ2) is 5.97. The van der Waals surface area contributed by atoms with Crippen LogP contribution >= 0.6 is 0 Å². The van der Waals surface area contributed by atoms with Crippen molar-refractivity contribution in [3.63, 3.8) is 0 Å². The Balaban J connectivity index is 1.98. The number of nitro groups is 1. The number of pyridine rings is 1. The van der Waals surface area contributed by atoms with Crippen LogP contribution in [0.3, 0.4) is 0 Å². The van der Waals surface area contributed by atoms with Gasteiger partial charge in [-0.1, -0.05) is 6.42 Å². The minimum Gasteiger partial charge on any atom is -0.396 e. The lowest BCUT2D eigenvalue weighted by molar-refractivity contribution is -0.385. The fourth-order valence-electron chi connectivity index (χ4n) is 2.70. The minimum atomic E-state index is -0.442. The van der Waals surface area contributed by atoms with Gasteiger partial charge in [-0.05, 0) is 37.2 Å². The summed E-state index contributed by atoms with van der Waals surface area (Å²) in [7, 11) is 0. The Labute approximate surface area is 112 Å². The van der Waals surface area contributed by atoms with Crippen molar-refractivity contribution >= 4 is 11.5 Å². The van der Waals surface area contributed by atoms with Crippen LogP contribution in [0.25, 0.3) is 0 Å². The molecule has 0 aliphatic heterocycles. The van der Waals surface area contributed by atoms with Crippen molar-refractivity contribution in [1.82, 2.24) is 4.98 Å². The highest BCUT2D eigenvalue weighted by Crippen LogP contribution is 2.31. The predicted octanol–water partition coefficient (Wildman–Crippen LogP) is 2.12. The summed E-state index contributed by atoms with van der Waals surface area (Å²) in [5.41, 5.74) is 0.782. The summed E-state index contributed by atoms with van der Waals surface area (Å²) < 4.78 is 0. The fourth-order valence-corrected chi connectivity index (χ4v) is 2.70. The Hall–Kier alpha value is -1.69. The molecular weight excluding hydrogens is 246 g/mol. The van der Waals surface area contributed by atoms with E-state index in [4.69, 9.17) is 0 Å². The smallest absolute Gasteiger partial charge is 0.287 e. The van der Waals surface area contributed by atoms with Crippen LogP contribution in [-0.4, -0.2) is 28.2 Å². The molecule has 2 N–H and O–H groups in total. The van der Waals surface area contributed by atoms with E-state index in [0.29, 0.717) is 17.7 Å². The predicted molar refractivity (Wildman–Crippen MR) is 72.0 cm³/mol. The first-order valence-corrected chi connectivity index (χ1v) is 6.57. The van der Waals surface area contributed by atoms with Crippen LogP contribution in [0.5, 0.6) is 0 Å². The molecule has 6 heteroatoms. The quantitative estimate of drug-likeness (QED) is 0.629. The maximum absolute atomic E-state index is 10.6. The van der Waals surface area contributed by atoms with Gasteiger partial charge < -0.3 is 10.4 Å². The van der Waals surface area contributed by atoms with Crippen molar-refractivity contribution in [2.45, 2.75) is 26.2 Å². The van der Waals surface area contributed by atoms with E-state index >= 15 is 0 Å². The van der Waals surface area contributed by atoms with Crippen molar-refractivity contribution in [1.29, 1.82) is 0 Å². The number of aliphatic hydroxyl groups is 1. The van der Waals surface area contributed by atoms with E-state index < -0.39 is 4.92 Å². The third-order valence-corrected chi connectivity index (χ3v) is 3.86. The zero-order chi connectivity index (χ0) is 13.8. The average molecular weight is 265 g/mol. The largest absolute Gasteiger partial charge is 0.396 e. The molecule has 1 aliphatic rings. The van der Waals surface area contributed by atoms with Crippen molar-refractivity contribution in [2.24, 2.45) is 11.8 Å². The summed E-state index contributed by atoms with van der Waals surface area (Å²) in [4.78, 5) is 14.3. The third-order valence-electron chi connectivity index (χ3n) is 3.86. The van der Waals surface area contributed by atoms with Gasteiger partial charge in [-0.3, -0.25) is 10.1 Å². The molecular formula is C13H19N3O3. The SMILES string of the molecule is Cc1cc([N+](=O)[O-])cnc1NCC1CCCC1CO. The van der Waals surface area contributed by atoms with Crippen LogP contribution in [0, 0.1) is 28.9 Å². The highest BCUT2D eigenvalue weighted by Gasteiger charge is 2.26. The van der Waals surface area contributed by atoms with Gasteiger partial charge in [0.15, 0.2) is 0 Å². The molecule has 6 nitrogen and oxygen atoms in total. The average Bonchev–Trinajstić information content (AvgIpc) is 2.84. The van der Waals surface area contributed by atoms with Crippen molar-refractivity contribution < 1.29 is 10.0 Å². The van der Waals surface area contributed by atoms with Gasteiger partial charge in [-0.25, -0.2) is 4.98 Å². The standard InChI is InChI=1S/C13H19N3O3/c1-9-5-12(16(18)19)7-15-13(9)14-6-10-3-2-4-11(10)8-17/h5,7,10-11,17H,2-4,6,8H2,1H3,(H,14,15). The number of nitrogens with one attached hydrogen (secondary N) is 1. The molecule has 1 saturated carbocycles. The van der Waals surface area contributed by atoms with Gasteiger partial charge in [-0.2, -0.15) is 0 Å². The number of hydrogen-bond acceptors (Lipinski definition) is 5. The normalized spacial score (nSPS) is 22.4. The number of nitrogens with zero attached hydrogens (tertiary/aromatic N) is 2. The number of anilines is 1. The minimum absolute atomic E-state index is 0.0113. The van der Waals surface area contributed by atoms with Crippen molar-refractivity contribution in [2.75, 3.05) is 18.5 Å². The molecule has 2 unspecified atom stereocenters. The Kier molecular flexibility index (Phi) is 4.31. The topological polar surface area (TPSA) is 88.3 Å². The lowest BCUT2D eigenvalue weighted by atomic mass is 9.97. The summed E-state index contributed by atoms with van der Waals surface area (Å²) in [6, 6.07) is 1.52. The van der Waals surface area contributed by atoms with Gasteiger partial charge in [0.05, 0.1) is 4.92 Å². The number of hydrogen-bond donors (Lipinski definition) is 2. The summed E-state index contributed by atoms with van der Waals surface area (Å²) in [5, 5.41) is 23.1.